The van der Waals surface area contributed by atoms with Gasteiger partial charge in [0.1, 0.15) is 0 Å². The summed E-state index contributed by atoms with van der Waals surface area (Å²) in [5.74, 6) is -0.709. The summed E-state index contributed by atoms with van der Waals surface area (Å²) < 4.78 is 0. The van der Waals surface area contributed by atoms with Crippen LogP contribution in [0.3, 0.4) is 0 Å². The zero-order chi connectivity index (χ0) is 12.3. The Morgan fingerprint density at radius 1 is 1.35 bits per heavy atom. The summed E-state index contributed by atoms with van der Waals surface area (Å²) in [6, 6.07) is 9.00. The third kappa shape index (κ3) is 2.86. The van der Waals surface area contributed by atoms with E-state index >= 15 is 0 Å². The molecule has 2 rings (SSSR count). The van der Waals surface area contributed by atoms with Gasteiger partial charge in [0.05, 0.1) is 6.42 Å². The zero-order valence-corrected chi connectivity index (χ0v) is 10.2. The van der Waals surface area contributed by atoms with Crippen molar-refractivity contribution >= 4 is 5.97 Å². The molecule has 0 bridgehead atoms. The molecule has 0 heterocycles. The van der Waals surface area contributed by atoms with E-state index in [-0.39, 0.29) is 6.42 Å². The number of aliphatic carboxylic acids is 1. The van der Waals surface area contributed by atoms with Crippen LogP contribution in [0.1, 0.15) is 24.5 Å². The van der Waals surface area contributed by atoms with Crippen LogP contribution in [-0.4, -0.2) is 35.1 Å². The first kappa shape index (κ1) is 12.1. The average molecular weight is 233 g/mol. The van der Waals surface area contributed by atoms with E-state index < -0.39 is 5.97 Å². The second kappa shape index (κ2) is 5.32. The van der Waals surface area contributed by atoms with E-state index in [9.17, 15) is 4.79 Å². The molecule has 1 aliphatic carbocycles. The van der Waals surface area contributed by atoms with Crippen molar-refractivity contribution in [2.45, 2.75) is 32.2 Å². The van der Waals surface area contributed by atoms with Crippen molar-refractivity contribution in [1.29, 1.82) is 0 Å². The highest BCUT2D eigenvalue weighted by Crippen LogP contribution is 2.25. The molecule has 3 nitrogen and oxygen atoms in total. The zero-order valence-electron chi connectivity index (χ0n) is 10.2. The van der Waals surface area contributed by atoms with Crippen LogP contribution in [0.4, 0.5) is 0 Å². The first-order valence-electron chi connectivity index (χ1n) is 6.23. The van der Waals surface area contributed by atoms with Gasteiger partial charge in [0.2, 0.25) is 0 Å². The minimum Gasteiger partial charge on any atom is -0.481 e. The van der Waals surface area contributed by atoms with Crippen molar-refractivity contribution in [1.82, 2.24) is 4.90 Å². The summed E-state index contributed by atoms with van der Waals surface area (Å²) in [5.41, 5.74) is 2.84. The first-order valence-corrected chi connectivity index (χ1v) is 6.23. The van der Waals surface area contributed by atoms with Gasteiger partial charge in [-0.25, -0.2) is 0 Å². The number of benzene rings is 1. The van der Waals surface area contributed by atoms with Crippen LogP contribution in [0.5, 0.6) is 0 Å². The van der Waals surface area contributed by atoms with Gasteiger partial charge < -0.3 is 5.11 Å². The van der Waals surface area contributed by atoms with Crippen molar-refractivity contribution in [2.24, 2.45) is 0 Å². The molecule has 1 N–H and O–H groups in total. The molecule has 0 aliphatic heterocycles. The summed E-state index contributed by atoms with van der Waals surface area (Å²) in [5, 5.41) is 8.75. The smallest absolute Gasteiger partial charge is 0.304 e. The SMILES string of the molecule is CCN(CCC(=O)O)C1Cc2ccccc2C1. The maximum atomic E-state index is 10.6. The van der Waals surface area contributed by atoms with Crippen LogP contribution in [0.25, 0.3) is 0 Å². The van der Waals surface area contributed by atoms with Crippen LogP contribution in [0, 0.1) is 0 Å². The molecular formula is C14H19NO2. The minimum absolute atomic E-state index is 0.237. The molecule has 1 aromatic rings. The van der Waals surface area contributed by atoms with E-state index in [1.54, 1.807) is 0 Å². The van der Waals surface area contributed by atoms with E-state index in [4.69, 9.17) is 5.11 Å². The van der Waals surface area contributed by atoms with Gasteiger partial charge in [0.15, 0.2) is 0 Å². The number of rotatable bonds is 5. The predicted molar refractivity (Wildman–Crippen MR) is 67.1 cm³/mol. The summed E-state index contributed by atoms with van der Waals surface area (Å²) in [4.78, 5) is 12.9. The normalized spacial score (nSPS) is 15.2. The molecule has 0 atom stereocenters. The molecule has 1 aliphatic rings. The number of likely N-dealkylation sites (N-methyl/N-ethyl adjacent to an activating group) is 1. The Morgan fingerprint density at radius 3 is 2.41 bits per heavy atom. The van der Waals surface area contributed by atoms with Crippen LogP contribution < -0.4 is 0 Å². The number of hydrogen-bond acceptors (Lipinski definition) is 2. The largest absolute Gasteiger partial charge is 0.481 e. The number of hydrogen-bond donors (Lipinski definition) is 1. The molecule has 0 radical (unpaired) electrons. The van der Waals surface area contributed by atoms with Gasteiger partial charge in [-0.1, -0.05) is 31.2 Å². The van der Waals surface area contributed by atoms with Gasteiger partial charge >= 0.3 is 5.97 Å². The number of fused-ring (bicyclic) bond motifs is 1. The van der Waals surface area contributed by atoms with Gasteiger partial charge in [-0.15, -0.1) is 0 Å². The van der Waals surface area contributed by atoms with Crippen LogP contribution in [0.15, 0.2) is 24.3 Å². The fourth-order valence-corrected chi connectivity index (χ4v) is 2.63. The lowest BCUT2D eigenvalue weighted by atomic mass is 10.1. The highest BCUT2D eigenvalue weighted by Gasteiger charge is 2.25. The van der Waals surface area contributed by atoms with Crippen LogP contribution >= 0.6 is 0 Å². The molecule has 0 spiro atoms. The highest BCUT2D eigenvalue weighted by atomic mass is 16.4. The standard InChI is InChI=1S/C14H19NO2/c1-2-15(8-7-14(16)17)13-9-11-5-3-4-6-12(11)10-13/h3-6,13H,2,7-10H2,1H3,(H,16,17). The van der Waals surface area contributed by atoms with Gasteiger partial charge in [0, 0.05) is 12.6 Å². The molecule has 0 fully saturated rings. The predicted octanol–water partition coefficient (Wildman–Crippen LogP) is 1.95. The Morgan fingerprint density at radius 2 is 1.94 bits per heavy atom. The topological polar surface area (TPSA) is 40.5 Å². The quantitative estimate of drug-likeness (QED) is 0.845. The Labute approximate surface area is 102 Å². The number of carboxylic acids is 1. The third-order valence-corrected chi connectivity index (χ3v) is 3.56. The Bertz CT molecular complexity index is 378. The minimum atomic E-state index is -0.709. The lowest BCUT2D eigenvalue weighted by molar-refractivity contribution is -0.137. The summed E-state index contributed by atoms with van der Waals surface area (Å²) in [6.45, 7) is 3.68. The van der Waals surface area contributed by atoms with Crippen LogP contribution in [-0.2, 0) is 17.6 Å². The van der Waals surface area contributed by atoms with E-state index in [0.717, 1.165) is 19.4 Å². The molecule has 1 aromatic carbocycles. The van der Waals surface area contributed by atoms with Crippen molar-refractivity contribution < 1.29 is 9.90 Å². The second-order valence-corrected chi connectivity index (χ2v) is 4.60. The van der Waals surface area contributed by atoms with Crippen LogP contribution in [0.2, 0.25) is 0 Å². The number of carbonyl (C=O) groups is 1. The van der Waals surface area contributed by atoms with Gasteiger partial charge in [-0.3, -0.25) is 9.69 Å². The van der Waals surface area contributed by atoms with E-state index in [0.29, 0.717) is 12.6 Å². The first-order chi connectivity index (χ1) is 8.20. The van der Waals surface area contributed by atoms with E-state index in [1.165, 1.54) is 11.1 Å². The molecular weight excluding hydrogens is 214 g/mol. The lowest BCUT2D eigenvalue weighted by Crippen LogP contribution is -2.37. The van der Waals surface area contributed by atoms with Crippen molar-refractivity contribution in [3.8, 4) is 0 Å². The van der Waals surface area contributed by atoms with Crippen molar-refractivity contribution in [3.63, 3.8) is 0 Å². The van der Waals surface area contributed by atoms with E-state index in [2.05, 4.69) is 36.1 Å². The summed E-state index contributed by atoms with van der Waals surface area (Å²) >= 11 is 0. The number of nitrogens with zero attached hydrogens (tertiary/aromatic N) is 1. The molecule has 0 aromatic heterocycles. The van der Waals surface area contributed by atoms with Gasteiger partial charge in [-0.05, 0) is 30.5 Å². The lowest BCUT2D eigenvalue weighted by Gasteiger charge is -2.26. The van der Waals surface area contributed by atoms with Crippen molar-refractivity contribution in [2.75, 3.05) is 13.1 Å². The third-order valence-electron chi connectivity index (χ3n) is 3.56. The summed E-state index contributed by atoms with van der Waals surface area (Å²) in [7, 11) is 0. The molecule has 0 saturated carbocycles. The summed E-state index contributed by atoms with van der Waals surface area (Å²) in [6.07, 6.45) is 2.36. The Kier molecular flexibility index (Phi) is 3.79. The molecule has 3 heteroatoms. The van der Waals surface area contributed by atoms with Gasteiger partial charge in [-0.2, -0.15) is 0 Å². The Balaban J connectivity index is 1.97. The maximum absolute atomic E-state index is 10.6. The highest BCUT2D eigenvalue weighted by molar-refractivity contribution is 5.66. The molecule has 0 amide bonds. The Hall–Kier alpha value is -1.35. The monoisotopic (exact) mass is 233 g/mol. The van der Waals surface area contributed by atoms with Crippen molar-refractivity contribution in [3.05, 3.63) is 35.4 Å². The van der Waals surface area contributed by atoms with Gasteiger partial charge in [0.25, 0.3) is 0 Å². The second-order valence-electron chi connectivity index (χ2n) is 4.60. The molecule has 0 saturated heterocycles. The maximum Gasteiger partial charge on any atom is 0.304 e. The molecule has 17 heavy (non-hydrogen) atoms. The fraction of sp³-hybridized carbons (Fsp3) is 0.500. The molecule has 0 unspecified atom stereocenters. The fourth-order valence-electron chi connectivity index (χ4n) is 2.63. The average Bonchev–Trinajstić information content (AvgIpc) is 2.72. The molecule has 92 valence electrons. The van der Waals surface area contributed by atoms with E-state index in [1.807, 2.05) is 0 Å². The number of carboxylic acid groups (broad SMARTS) is 1.